The van der Waals surface area contributed by atoms with E-state index >= 15 is 0 Å². The molecule has 0 aromatic rings. The zero-order valence-corrected chi connectivity index (χ0v) is 7.17. The van der Waals surface area contributed by atoms with E-state index in [0.717, 1.165) is 26.1 Å². The van der Waals surface area contributed by atoms with Crippen LogP contribution < -0.4 is 0 Å². The monoisotopic (exact) mass is 143 g/mol. The summed E-state index contributed by atoms with van der Waals surface area (Å²) in [7, 11) is 0. The minimum atomic E-state index is 0.778. The Morgan fingerprint density at radius 3 is 2.30 bits per heavy atom. The van der Waals surface area contributed by atoms with Crippen LogP contribution in [0.3, 0.4) is 0 Å². The topological polar surface area (TPSA) is 28.0 Å². The van der Waals surface area contributed by atoms with E-state index in [1.807, 2.05) is 11.9 Å². The van der Waals surface area contributed by atoms with Crippen LogP contribution in [0.2, 0.25) is 0 Å². The second kappa shape index (κ2) is 6.52. The van der Waals surface area contributed by atoms with Gasteiger partial charge >= 0.3 is 0 Å². The van der Waals surface area contributed by atoms with Crippen molar-refractivity contribution in [2.75, 3.05) is 19.6 Å². The molecular weight excluding hydrogens is 126 g/mol. The van der Waals surface area contributed by atoms with Gasteiger partial charge in [0.25, 0.3) is 0 Å². The molecule has 0 aliphatic rings. The van der Waals surface area contributed by atoms with Crippen molar-refractivity contribution in [2.45, 2.75) is 27.2 Å². The maximum absolute atomic E-state index is 4.01. The molecule has 0 fully saturated rings. The highest BCUT2D eigenvalue weighted by atomic mass is 15.5. The lowest BCUT2D eigenvalue weighted by Crippen LogP contribution is -2.16. The molecular formula is C7H17N3. The van der Waals surface area contributed by atoms with Crippen molar-refractivity contribution >= 4 is 0 Å². The van der Waals surface area contributed by atoms with Crippen molar-refractivity contribution < 1.29 is 0 Å². The van der Waals surface area contributed by atoms with Crippen LogP contribution in [0.25, 0.3) is 0 Å². The van der Waals surface area contributed by atoms with Crippen molar-refractivity contribution in [2.24, 2.45) is 10.3 Å². The number of rotatable bonds is 5. The summed E-state index contributed by atoms with van der Waals surface area (Å²) in [6.45, 7) is 8.97. The van der Waals surface area contributed by atoms with Gasteiger partial charge in [-0.25, -0.2) is 0 Å². The summed E-state index contributed by atoms with van der Waals surface area (Å²) in [6.07, 6.45) is 1.14. The third kappa shape index (κ3) is 4.30. The van der Waals surface area contributed by atoms with E-state index in [4.69, 9.17) is 0 Å². The predicted molar refractivity (Wildman–Crippen MR) is 42.9 cm³/mol. The molecule has 0 heterocycles. The van der Waals surface area contributed by atoms with E-state index in [-0.39, 0.29) is 0 Å². The van der Waals surface area contributed by atoms with Gasteiger partial charge in [-0.2, -0.15) is 5.11 Å². The molecule has 0 N–H and O–H groups in total. The largest absolute Gasteiger partial charge is 0.279 e. The van der Waals surface area contributed by atoms with Gasteiger partial charge in [-0.1, -0.05) is 12.1 Å². The van der Waals surface area contributed by atoms with Gasteiger partial charge < -0.3 is 0 Å². The SMILES string of the molecule is CCCN(CC)N=NCC. The van der Waals surface area contributed by atoms with Gasteiger partial charge in [0.1, 0.15) is 0 Å². The molecule has 0 saturated heterocycles. The van der Waals surface area contributed by atoms with Crippen LogP contribution in [-0.2, 0) is 0 Å². The quantitative estimate of drug-likeness (QED) is 0.428. The van der Waals surface area contributed by atoms with E-state index in [9.17, 15) is 0 Å². The van der Waals surface area contributed by atoms with Crippen molar-refractivity contribution in [1.82, 2.24) is 5.01 Å². The molecule has 0 bridgehead atoms. The van der Waals surface area contributed by atoms with Gasteiger partial charge in [-0.3, -0.25) is 5.01 Å². The lowest BCUT2D eigenvalue weighted by Gasteiger charge is -2.12. The summed E-state index contributed by atoms with van der Waals surface area (Å²) in [5, 5.41) is 9.90. The van der Waals surface area contributed by atoms with E-state index in [1.54, 1.807) is 0 Å². The lowest BCUT2D eigenvalue weighted by molar-refractivity contribution is 0.281. The fourth-order valence-corrected chi connectivity index (χ4v) is 0.677. The fraction of sp³-hybridized carbons (Fsp3) is 1.00. The predicted octanol–water partition coefficient (Wildman–Crippen LogP) is 2.11. The highest BCUT2D eigenvalue weighted by Gasteiger charge is 1.92. The molecule has 0 aliphatic heterocycles. The van der Waals surface area contributed by atoms with Gasteiger partial charge in [0.15, 0.2) is 0 Å². The van der Waals surface area contributed by atoms with Crippen LogP contribution in [0, 0.1) is 0 Å². The molecule has 3 heteroatoms. The second-order valence-electron chi connectivity index (χ2n) is 2.09. The third-order valence-electron chi connectivity index (χ3n) is 1.18. The maximum Gasteiger partial charge on any atom is 0.0592 e. The van der Waals surface area contributed by atoms with Crippen LogP contribution in [-0.4, -0.2) is 24.6 Å². The Labute approximate surface area is 63.1 Å². The summed E-state index contributed by atoms with van der Waals surface area (Å²) in [5.74, 6) is 0. The van der Waals surface area contributed by atoms with Crippen molar-refractivity contribution in [1.29, 1.82) is 0 Å². The third-order valence-corrected chi connectivity index (χ3v) is 1.18. The first-order valence-electron chi connectivity index (χ1n) is 3.97. The lowest BCUT2D eigenvalue weighted by atomic mass is 10.5. The number of nitrogens with zero attached hydrogens (tertiary/aromatic N) is 3. The van der Waals surface area contributed by atoms with E-state index in [0.29, 0.717) is 0 Å². The molecule has 0 amide bonds. The van der Waals surface area contributed by atoms with Gasteiger partial charge in [0, 0.05) is 13.1 Å². The Balaban J connectivity index is 3.48. The second-order valence-corrected chi connectivity index (χ2v) is 2.09. The molecule has 0 unspecified atom stereocenters. The molecule has 0 aromatic heterocycles. The van der Waals surface area contributed by atoms with Crippen molar-refractivity contribution in [3.63, 3.8) is 0 Å². The highest BCUT2D eigenvalue weighted by molar-refractivity contribution is 4.42. The highest BCUT2D eigenvalue weighted by Crippen LogP contribution is 1.91. The normalized spacial score (nSPS) is 10.7. The average Bonchev–Trinajstić information content (AvgIpc) is 1.98. The number of hydrogen-bond donors (Lipinski definition) is 0. The van der Waals surface area contributed by atoms with Crippen LogP contribution in [0.1, 0.15) is 27.2 Å². The first-order valence-corrected chi connectivity index (χ1v) is 3.97. The summed E-state index contributed by atoms with van der Waals surface area (Å²) in [4.78, 5) is 0. The zero-order valence-electron chi connectivity index (χ0n) is 7.17. The molecule has 0 radical (unpaired) electrons. The van der Waals surface area contributed by atoms with Gasteiger partial charge in [0.05, 0.1) is 6.54 Å². The van der Waals surface area contributed by atoms with E-state index in [2.05, 4.69) is 24.2 Å². The molecule has 10 heavy (non-hydrogen) atoms. The van der Waals surface area contributed by atoms with Crippen LogP contribution >= 0.6 is 0 Å². The Morgan fingerprint density at radius 1 is 1.20 bits per heavy atom. The van der Waals surface area contributed by atoms with Gasteiger partial charge in [0.2, 0.25) is 0 Å². The van der Waals surface area contributed by atoms with Crippen molar-refractivity contribution in [3.8, 4) is 0 Å². The zero-order chi connectivity index (χ0) is 7.82. The fourth-order valence-electron chi connectivity index (χ4n) is 0.677. The van der Waals surface area contributed by atoms with E-state index in [1.165, 1.54) is 0 Å². The van der Waals surface area contributed by atoms with Crippen LogP contribution in [0.4, 0.5) is 0 Å². The molecule has 60 valence electrons. The number of hydrogen-bond acceptors (Lipinski definition) is 2. The summed E-state index contributed by atoms with van der Waals surface area (Å²) < 4.78 is 0. The van der Waals surface area contributed by atoms with Gasteiger partial charge in [-0.05, 0) is 20.3 Å². The summed E-state index contributed by atoms with van der Waals surface area (Å²) in [5.41, 5.74) is 0. The minimum absolute atomic E-state index is 0.778. The van der Waals surface area contributed by atoms with Crippen LogP contribution in [0.15, 0.2) is 10.3 Å². The smallest absolute Gasteiger partial charge is 0.0592 e. The summed E-state index contributed by atoms with van der Waals surface area (Å²) in [6, 6.07) is 0. The Kier molecular flexibility index (Phi) is 6.13. The van der Waals surface area contributed by atoms with Crippen molar-refractivity contribution in [3.05, 3.63) is 0 Å². The standard InChI is InChI=1S/C7H17N3/c1-4-7-10(6-3)9-8-5-2/h4-7H2,1-3H3. The maximum atomic E-state index is 4.01. The minimum Gasteiger partial charge on any atom is -0.279 e. The molecule has 0 spiro atoms. The Bertz CT molecular complexity index is 90.9. The first-order chi connectivity index (χ1) is 4.85. The molecule has 0 saturated carbocycles. The molecule has 0 atom stereocenters. The molecule has 0 aliphatic carbocycles. The average molecular weight is 143 g/mol. The Hall–Kier alpha value is -0.600. The van der Waals surface area contributed by atoms with Crippen LogP contribution in [0.5, 0.6) is 0 Å². The van der Waals surface area contributed by atoms with Gasteiger partial charge in [-0.15, -0.1) is 0 Å². The Morgan fingerprint density at radius 2 is 1.90 bits per heavy atom. The molecule has 3 nitrogen and oxygen atoms in total. The summed E-state index contributed by atoms with van der Waals surface area (Å²) >= 11 is 0. The van der Waals surface area contributed by atoms with E-state index < -0.39 is 0 Å². The molecule has 0 aromatic carbocycles. The molecule has 0 rings (SSSR count). The first kappa shape index (κ1) is 9.40.